The van der Waals surface area contributed by atoms with Crippen molar-refractivity contribution in [2.24, 2.45) is 0 Å². The van der Waals surface area contributed by atoms with Gasteiger partial charge in [0, 0.05) is 22.8 Å². The third kappa shape index (κ3) is 4.68. The number of amides is 3. The van der Waals surface area contributed by atoms with Crippen LogP contribution in [0.1, 0.15) is 28.1 Å². The summed E-state index contributed by atoms with van der Waals surface area (Å²) < 4.78 is 15.2. The van der Waals surface area contributed by atoms with Crippen LogP contribution in [0.25, 0.3) is 11.8 Å². The van der Waals surface area contributed by atoms with Gasteiger partial charge in [-0.3, -0.25) is 19.3 Å². The SMILES string of the molecule is Cc1ccc(-n2c(C)cc(/C=C3\SC(=O)N(CC(=O)Nc4ccc(F)cc4)C3=O)c2C)c(C)c1. The Labute approximate surface area is 201 Å². The minimum Gasteiger partial charge on any atom is -0.325 e. The molecule has 8 heteroatoms. The molecule has 2 aromatic carbocycles. The number of thioether (sulfide) groups is 1. The van der Waals surface area contributed by atoms with Gasteiger partial charge in [-0.05, 0) is 93.1 Å². The molecule has 4 rings (SSSR count). The second kappa shape index (κ2) is 9.30. The predicted octanol–water partition coefficient (Wildman–Crippen LogP) is 5.53. The molecule has 0 radical (unpaired) electrons. The second-order valence-corrected chi connectivity index (χ2v) is 9.27. The summed E-state index contributed by atoms with van der Waals surface area (Å²) >= 11 is 0.811. The minimum atomic E-state index is -0.539. The molecule has 3 amide bonds. The van der Waals surface area contributed by atoms with Crippen LogP contribution in [-0.4, -0.2) is 33.1 Å². The maximum atomic E-state index is 13.0. The first-order valence-corrected chi connectivity index (χ1v) is 11.5. The fourth-order valence-corrected chi connectivity index (χ4v) is 4.84. The number of aromatic nitrogens is 1. The fraction of sp³-hybridized carbons (Fsp3) is 0.192. The Hall–Kier alpha value is -3.65. The zero-order chi connectivity index (χ0) is 24.6. The van der Waals surface area contributed by atoms with Crippen molar-refractivity contribution in [3.8, 4) is 5.69 Å². The molecule has 0 unspecified atom stereocenters. The van der Waals surface area contributed by atoms with Gasteiger partial charge < -0.3 is 9.88 Å². The van der Waals surface area contributed by atoms with Gasteiger partial charge in [0.15, 0.2) is 0 Å². The van der Waals surface area contributed by atoms with Gasteiger partial charge in [0.05, 0.1) is 4.91 Å². The monoisotopic (exact) mass is 477 g/mol. The highest BCUT2D eigenvalue weighted by molar-refractivity contribution is 8.18. The van der Waals surface area contributed by atoms with Crippen molar-refractivity contribution in [3.05, 3.63) is 87.3 Å². The summed E-state index contributed by atoms with van der Waals surface area (Å²) in [4.78, 5) is 38.9. The molecule has 174 valence electrons. The van der Waals surface area contributed by atoms with Gasteiger partial charge in [-0.1, -0.05) is 17.7 Å². The third-order valence-electron chi connectivity index (χ3n) is 5.65. The molecular weight excluding hydrogens is 453 g/mol. The molecule has 1 aliphatic heterocycles. The highest BCUT2D eigenvalue weighted by Crippen LogP contribution is 2.34. The summed E-state index contributed by atoms with van der Waals surface area (Å²) in [6.45, 7) is 7.66. The average Bonchev–Trinajstić information content (AvgIpc) is 3.19. The molecule has 6 nitrogen and oxygen atoms in total. The Morgan fingerprint density at radius 3 is 2.41 bits per heavy atom. The van der Waals surface area contributed by atoms with Crippen LogP contribution < -0.4 is 5.32 Å². The molecule has 1 aromatic heterocycles. The molecule has 34 heavy (non-hydrogen) atoms. The van der Waals surface area contributed by atoms with Gasteiger partial charge in [-0.25, -0.2) is 4.39 Å². The molecule has 0 spiro atoms. The predicted molar refractivity (Wildman–Crippen MR) is 132 cm³/mol. The second-order valence-electron chi connectivity index (χ2n) is 8.27. The number of nitrogens with one attached hydrogen (secondary N) is 1. The molecule has 0 bridgehead atoms. The van der Waals surface area contributed by atoms with Crippen LogP contribution in [0.15, 0.2) is 53.4 Å². The fourth-order valence-electron chi connectivity index (χ4n) is 4.02. The topological polar surface area (TPSA) is 71.4 Å². The van der Waals surface area contributed by atoms with Crippen molar-refractivity contribution >= 4 is 40.6 Å². The van der Waals surface area contributed by atoms with E-state index in [4.69, 9.17) is 0 Å². The maximum Gasteiger partial charge on any atom is 0.294 e. The van der Waals surface area contributed by atoms with E-state index < -0.39 is 29.4 Å². The van der Waals surface area contributed by atoms with E-state index in [2.05, 4.69) is 35.0 Å². The zero-order valence-corrected chi connectivity index (χ0v) is 20.1. The molecule has 0 saturated carbocycles. The quantitative estimate of drug-likeness (QED) is 0.491. The van der Waals surface area contributed by atoms with E-state index in [1.165, 1.54) is 29.8 Å². The van der Waals surface area contributed by atoms with Gasteiger partial charge in [0.1, 0.15) is 12.4 Å². The van der Waals surface area contributed by atoms with Crippen molar-refractivity contribution in [1.29, 1.82) is 0 Å². The largest absolute Gasteiger partial charge is 0.325 e. The first-order valence-electron chi connectivity index (χ1n) is 10.7. The summed E-state index contributed by atoms with van der Waals surface area (Å²) in [6.07, 6.45) is 1.70. The number of aryl methyl sites for hydroxylation is 3. The van der Waals surface area contributed by atoms with E-state index in [-0.39, 0.29) is 4.91 Å². The van der Waals surface area contributed by atoms with Crippen LogP contribution in [-0.2, 0) is 9.59 Å². The molecule has 1 fully saturated rings. The first-order chi connectivity index (χ1) is 16.1. The molecule has 1 aliphatic rings. The summed E-state index contributed by atoms with van der Waals surface area (Å²) in [7, 11) is 0. The summed E-state index contributed by atoms with van der Waals surface area (Å²) in [6, 6.07) is 13.5. The van der Waals surface area contributed by atoms with Crippen LogP contribution in [0.3, 0.4) is 0 Å². The lowest BCUT2D eigenvalue weighted by molar-refractivity contribution is -0.127. The average molecular weight is 478 g/mol. The molecule has 3 aromatic rings. The van der Waals surface area contributed by atoms with E-state index in [1.807, 2.05) is 26.8 Å². The lowest BCUT2D eigenvalue weighted by Gasteiger charge is -2.13. The number of hydrogen-bond donors (Lipinski definition) is 1. The van der Waals surface area contributed by atoms with Crippen molar-refractivity contribution in [1.82, 2.24) is 9.47 Å². The molecule has 1 N–H and O–H groups in total. The lowest BCUT2D eigenvalue weighted by Crippen LogP contribution is -2.36. The summed E-state index contributed by atoms with van der Waals surface area (Å²) in [5.41, 5.74) is 6.55. The number of nitrogens with zero attached hydrogens (tertiary/aromatic N) is 2. The normalized spacial score (nSPS) is 14.9. The van der Waals surface area contributed by atoms with Crippen LogP contribution >= 0.6 is 11.8 Å². The highest BCUT2D eigenvalue weighted by Gasteiger charge is 2.36. The number of rotatable bonds is 5. The number of anilines is 1. The van der Waals surface area contributed by atoms with Crippen molar-refractivity contribution in [3.63, 3.8) is 0 Å². The number of imide groups is 1. The van der Waals surface area contributed by atoms with E-state index in [0.29, 0.717) is 5.69 Å². The Morgan fingerprint density at radius 1 is 1.03 bits per heavy atom. The molecule has 1 saturated heterocycles. The summed E-state index contributed by atoms with van der Waals surface area (Å²) in [5, 5.41) is 2.06. The van der Waals surface area contributed by atoms with Crippen LogP contribution in [0.2, 0.25) is 0 Å². The number of hydrogen-bond acceptors (Lipinski definition) is 4. The van der Waals surface area contributed by atoms with Crippen molar-refractivity contribution in [2.75, 3.05) is 11.9 Å². The van der Waals surface area contributed by atoms with Gasteiger partial charge in [-0.2, -0.15) is 0 Å². The van der Waals surface area contributed by atoms with Crippen LogP contribution in [0.5, 0.6) is 0 Å². The van der Waals surface area contributed by atoms with Crippen molar-refractivity contribution < 1.29 is 18.8 Å². The third-order valence-corrected chi connectivity index (χ3v) is 6.56. The number of halogens is 1. The number of benzene rings is 2. The minimum absolute atomic E-state index is 0.264. The molecule has 2 heterocycles. The number of carbonyl (C=O) groups excluding carboxylic acids is 3. The zero-order valence-electron chi connectivity index (χ0n) is 19.3. The van der Waals surface area contributed by atoms with Gasteiger partial charge in [-0.15, -0.1) is 0 Å². The van der Waals surface area contributed by atoms with Crippen LogP contribution in [0, 0.1) is 33.5 Å². The lowest BCUT2D eigenvalue weighted by atomic mass is 10.1. The van der Waals surface area contributed by atoms with Crippen LogP contribution in [0.4, 0.5) is 14.9 Å². The smallest absolute Gasteiger partial charge is 0.294 e. The van der Waals surface area contributed by atoms with E-state index in [9.17, 15) is 18.8 Å². The van der Waals surface area contributed by atoms with Gasteiger partial charge in [0.2, 0.25) is 5.91 Å². The maximum absolute atomic E-state index is 13.0. The molecule has 0 aliphatic carbocycles. The Morgan fingerprint density at radius 2 is 1.74 bits per heavy atom. The molecular formula is C26H24FN3O3S. The highest BCUT2D eigenvalue weighted by atomic mass is 32.2. The standard InChI is InChI=1S/C26H24FN3O3S/c1-15-5-10-22(16(2)11-15)30-17(3)12-19(18(30)4)13-23-25(32)29(26(33)34-23)14-24(31)28-21-8-6-20(27)7-9-21/h5-13H,14H2,1-4H3,(H,28,31)/b23-13-. The van der Waals surface area contributed by atoms with Gasteiger partial charge in [0.25, 0.3) is 11.1 Å². The Balaban J connectivity index is 1.54. The van der Waals surface area contributed by atoms with E-state index in [0.717, 1.165) is 44.9 Å². The van der Waals surface area contributed by atoms with Gasteiger partial charge >= 0.3 is 0 Å². The van der Waals surface area contributed by atoms with E-state index >= 15 is 0 Å². The number of carbonyl (C=O) groups is 3. The first kappa shape index (κ1) is 23.5. The van der Waals surface area contributed by atoms with E-state index in [1.54, 1.807) is 6.08 Å². The molecule has 0 atom stereocenters. The Bertz CT molecular complexity index is 1340. The summed E-state index contributed by atoms with van der Waals surface area (Å²) in [5.74, 6) is -1.48. The van der Waals surface area contributed by atoms with Crippen molar-refractivity contribution in [2.45, 2.75) is 27.7 Å². The Kier molecular flexibility index (Phi) is 6.43.